The molecule has 1 aromatic rings. The third-order valence-electron chi connectivity index (χ3n) is 2.43. The largest absolute Gasteiger partial charge is 0.393 e. The van der Waals surface area contributed by atoms with E-state index in [4.69, 9.17) is 0 Å². The Hall–Kier alpha value is -0.890. The molecule has 0 bridgehead atoms. The second-order valence-electron chi connectivity index (χ2n) is 4.02. The number of hydrogen-bond donors (Lipinski definition) is 1. The Balaban J connectivity index is 2.22. The summed E-state index contributed by atoms with van der Waals surface area (Å²) in [4.78, 5) is 4.24. The lowest BCUT2D eigenvalue weighted by atomic mass is 10.0. The van der Waals surface area contributed by atoms with Gasteiger partial charge in [0.25, 0.3) is 0 Å². The van der Waals surface area contributed by atoms with E-state index >= 15 is 0 Å². The van der Waals surface area contributed by atoms with E-state index in [0.29, 0.717) is 5.92 Å². The molecular weight excluding hydrogens is 174 g/mol. The van der Waals surface area contributed by atoms with Crippen molar-refractivity contribution in [3.63, 3.8) is 0 Å². The highest BCUT2D eigenvalue weighted by Gasteiger charge is 2.08. The van der Waals surface area contributed by atoms with Gasteiger partial charge in [-0.25, -0.2) is 0 Å². The van der Waals surface area contributed by atoms with Crippen LogP contribution in [-0.4, -0.2) is 16.2 Å². The molecule has 14 heavy (non-hydrogen) atoms. The summed E-state index contributed by atoms with van der Waals surface area (Å²) < 4.78 is 0. The standard InChI is InChI=1S/C12H19NO/c1-10(2)12(14)8-5-7-11-6-3-4-9-13-11/h3-4,6,9-10,12,14H,5,7-8H2,1-2H3. The maximum atomic E-state index is 9.58. The molecule has 0 aliphatic rings. The van der Waals surface area contributed by atoms with E-state index in [2.05, 4.69) is 4.98 Å². The fraction of sp³-hybridized carbons (Fsp3) is 0.583. The van der Waals surface area contributed by atoms with Crippen LogP contribution in [0.4, 0.5) is 0 Å². The minimum atomic E-state index is -0.168. The molecule has 1 atom stereocenters. The molecule has 0 fully saturated rings. The number of nitrogens with zero attached hydrogens (tertiary/aromatic N) is 1. The fourth-order valence-electron chi connectivity index (χ4n) is 1.37. The average molecular weight is 193 g/mol. The van der Waals surface area contributed by atoms with Crippen molar-refractivity contribution in [1.82, 2.24) is 4.98 Å². The zero-order valence-electron chi connectivity index (χ0n) is 8.98. The van der Waals surface area contributed by atoms with Crippen molar-refractivity contribution >= 4 is 0 Å². The summed E-state index contributed by atoms with van der Waals surface area (Å²) in [5.74, 6) is 0.360. The van der Waals surface area contributed by atoms with Gasteiger partial charge in [-0.1, -0.05) is 19.9 Å². The minimum absolute atomic E-state index is 0.168. The predicted octanol–water partition coefficient (Wildman–Crippen LogP) is 2.42. The van der Waals surface area contributed by atoms with Gasteiger partial charge >= 0.3 is 0 Å². The summed E-state index contributed by atoms with van der Waals surface area (Å²) in [5.41, 5.74) is 1.11. The van der Waals surface area contributed by atoms with Gasteiger partial charge in [0, 0.05) is 11.9 Å². The Kier molecular flexibility index (Phi) is 4.60. The highest BCUT2D eigenvalue weighted by atomic mass is 16.3. The van der Waals surface area contributed by atoms with Crippen LogP contribution in [-0.2, 0) is 6.42 Å². The summed E-state index contributed by atoms with van der Waals surface area (Å²) in [7, 11) is 0. The van der Waals surface area contributed by atoms with Crippen molar-refractivity contribution in [2.24, 2.45) is 5.92 Å². The SMILES string of the molecule is CC(C)C(O)CCCc1ccccn1. The van der Waals surface area contributed by atoms with Gasteiger partial charge in [0.2, 0.25) is 0 Å². The fourth-order valence-corrected chi connectivity index (χ4v) is 1.37. The second kappa shape index (κ2) is 5.76. The van der Waals surface area contributed by atoms with Crippen LogP contribution in [0.2, 0.25) is 0 Å². The summed E-state index contributed by atoms with van der Waals surface area (Å²) in [5, 5.41) is 9.58. The molecule has 0 aliphatic heterocycles. The van der Waals surface area contributed by atoms with Gasteiger partial charge in [0.1, 0.15) is 0 Å². The molecule has 0 aliphatic carbocycles. The third kappa shape index (κ3) is 3.88. The molecule has 2 nitrogen and oxygen atoms in total. The lowest BCUT2D eigenvalue weighted by Gasteiger charge is -2.13. The third-order valence-corrected chi connectivity index (χ3v) is 2.43. The van der Waals surface area contributed by atoms with Crippen LogP contribution in [0.1, 0.15) is 32.4 Å². The van der Waals surface area contributed by atoms with Crippen molar-refractivity contribution in [2.75, 3.05) is 0 Å². The van der Waals surface area contributed by atoms with Crippen LogP contribution in [0.5, 0.6) is 0 Å². The predicted molar refractivity (Wildman–Crippen MR) is 58.0 cm³/mol. The first kappa shape index (κ1) is 11.2. The van der Waals surface area contributed by atoms with E-state index in [1.165, 1.54) is 0 Å². The topological polar surface area (TPSA) is 33.1 Å². The molecule has 1 heterocycles. The number of hydrogen-bond acceptors (Lipinski definition) is 2. The van der Waals surface area contributed by atoms with Crippen molar-refractivity contribution in [3.05, 3.63) is 30.1 Å². The van der Waals surface area contributed by atoms with Crippen molar-refractivity contribution in [1.29, 1.82) is 0 Å². The quantitative estimate of drug-likeness (QED) is 0.779. The van der Waals surface area contributed by atoms with Crippen molar-refractivity contribution in [2.45, 2.75) is 39.2 Å². The monoisotopic (exact) mass is 193 g/mol. The van der Waals surface area contributed by atoms with Gasteiger partial charge in [0.05, 0.1) is 6.10 Å². The Morgan fingerprint density at radius 3 is 2.71 bits per heavy atom. The molecule has 0 radical (unpaired) electrons. The van der Waals surface area contributed by atoms with Gasteiger partial charge < -0.3 is 5.11 Å². The number of aryl methyl sites for hydroxylation is 1. The molecule has 1 rings (SSSR count). The van der Waals surface area contributed by atoms with E-state index in [9.17, 15) is 5.11 Å². The van der Waals surface area contributed by atoms with Gasteiger partial charge in [-0.15, -0.1) is 0 Å². The summed E-state index contributed by atoms with van der Waals surface area (Å²) in [6.07, 6.45) is 4.49. The van der Waals surface area contributed by atoms with Crippen LogP contribution < -0.4 is 0 Å². The van der Waals surface area contributed by atoms with Crippen LogP contribution in [0.25, 0.3) is 0 Å². The van der Waals surface area contributed by atoms with E-state index in [1.807, 2.05) is 38.2 Å². The molecule has 0 saturated carbocycles. The Labute approximate surface area is 86.0 Å². The average Bonchev–Trinajstić information content (AvgIpc) is 2.19. The summed E-state index contributed by atoms with van der Waals surface area (Å²) in [6, 6.07) is 5.95. The zero-order valence-corrected chi connectivity index (χ0v) is 8.98. The van der Waals surface area contributed by atoms with Crippen LogP contribution in [0.15, 0.2) is 24.4 Å². The number of aliphatic hydroxyl groups is 1. The van der Waals surface area contributed by atoms with Gasteiger partial charge in [-0.2, -0.15) is 0 Å². The second-order valence-corrected chi connectivity index (χ2v) is 4.02. The number of rotatable bonds is 5. The van der Waals surface area contributed by atoms with E-state index in [1.54, 1.807) is 0 Å². The van der Waals surface area contributed by atoms with E-state index in [-0.39, 0.29) is 6.10 Å². The molecule has 2 heteroatoms. The molecule has 0 aromatic carbocycles. The van der Waals surface area contributed by atoms with Gasteiger partial charge in [-0.05, 0) is 37.3 Å². The number of aliphatic hydroxyl groups excluding tert-OH is 1. The molecule has 0 amide bonds. The van der Waals surface area contributed by atoms with Crippen LogP contribution >= 0.6 is 0 Å². The highest BCUT2D eigenvalue weighted by molar-refractivity contribution is 5.03. The lowest BCUT2D eigenvalue weighted by molar-refractivity contribution is 0.114. The maximum absolute atomic E-state index is 9.58. The first-order valence-electron chi connectivity index (χ1n) is 5.28. The number of aromatic nitrogens is 1. The Morgan fingerprint density at radius 2 is 2.14 bits per heavy atom. The molecule has 0 saturated heterocycles. The molecule has 1 unspecified atom stereocenters. The number of pyridine rings is 1. The Morgan fingerprint density at radius 1 is 1.36 bits per heavy atom. The summed E-state index contributed by atoms with van der Waals surface area (Å²) in [6.45, 7) is 4.09. The van der Waals surface area contributed by atoms with E-state index in [0.717, 1.165) is 25.0 Å². The maximum Gasteiger partial charge on any atom is 0.0563 e. The van der Waals surface area contributed by atoms with Gasteiger partial charge in [0.15, 0.2) is 0 Å². The first-order chi connectivity index (χ1) is 6.70. The van der Waals surface area contributed by atoms with Crippen molar-refractivity contribution in [3.8, 4) is 0 Å². The summed E-state index contributed by atoms with van der Waals surface area (Å²) >= 11 is 0. The molecule has 1 N–H and O–H groups in total. The Bertz CT molecular complexity index is 246. The van der Waals surface area contributed by atoms with E-state index < -0.39 is 0 Å². The molecule has 78 valence electrons. The molecule has 0 spiro atoms. The van der Waals surface area contributed by atoms with Crippen molar-refractivity contribution < 1.29 is 5.11 Å². The highest BCUT2D eigenvalue weighted by Crippen LogP contribution is 2.10. The lowest BCUT2D eigenvalue weighted by Crippen LogP contribution is -2.14. The first-order valence-corrected chi connectivity index (χ1v) is 5.28. The molecule has 1 aromatic heterocycles. The smallest absolute Gasteiger partial charge is 0.0563 e. The zero-order chi connectivity index (χ0) is 10.4. The molecular formula is C12H19NO. The van der Waals surface area contributed by atoms with Crippen LogP contribution in [0.3, 0.4) is 0 Å². The van der Waals surface area contributed by atoms with Gasteiger partial charge in [-0.3, -0.25) is 4.98 Å². The normalized spacial score (nSPS) is 13.1. The van der Waals surface area contributed by atoms with Crippen LogP contribution in [0, 0.1) is 5.92 Å². The minimum Gasteiger partial charge on any atom is -0.393 e.